The van der Waals surface area contributed by atoms with Gasteiger partial charge < -0.3 is 10.6 Å². The molecular formula is C36H36N2. The molecule has 0 fully saturated rings. The van der Waals surface area contributed by atoms with Gasteiger partial charge in [-0.2, -0.15) is 0 Å². The summed E-state index contributed by atoms with van der Waals surface area (Å²) in [5.74, 6) is 0.456. The monoisotopic (exact) mass is 496 g/mol. The average molecular weight is 497 g/mol. The van der Waals surface area contributed by atoms with Gasteiger partial charge in [0.2, 0.25) is 0 Å². The van der Waals surface area contributed by atoms with E-state index in [2.05, 4.69) is 140 Å². The van der Waals surface area contributed by atoms with Crippen molar-refractivity contribution >= 4 is 17.1 Å². The van der Waals surface area contributed by atoms with Crippen molar-refractivity contribution in [3.63, 3.8) is 0 Å². The molecule has 0 heterocycles. The van der Waals surface area contributed by atoms with Crippen LogP contribution in [0.1, 0.15) is 53.6 Å². The largest absolute Gasteiger partial charge is 0.379 e. The molecule has 5 rings (SSSR count). The normalized spacial score (nSPS) is 12.5. The fraction of sp³-hybridized carbons (Fsp3) is 0.167. The first kappa shape index (κ1) is 25.4. The molecule has 0 saturated carbocycles. The van der Waals surface area contributed by atoms with Gasteiger partial charge in [0.15, 0.2) is 0 Å². The first-order chi connectivity index (χ1) is 18.6. The highest BCUT2D eigenvalue weighted by atomic mass is 14.9. The summed E-state index contributed by atoms with van der Waals surface area (Å²) in [6, 6.07) is 47.8. The van der Waals surface area contributed by atoms with Gasteiger partial charge in [0.25, 0.3) is 0 Å². The van der Waals surface area contributed by atoms with E-state index in [9.17, 15) is 0 Å². The minimum Gasteiger partial charge on any atom is -0.379 e. The SMILES string of the molecule is CC(Cc1ccc(Nc2ccccc2)cc1)c1ccc(C(C)Nc2ccc(Cc3ccccc3)cc2)cc1. The highest BCUT2D eigenvalue weighted by molar-refractivity contribution is 5.59. The molecule has 0 spiro atoms. The van der Waals surface area contributed by atoms with E-state index in [1.54, 1.807) is 0 Å². The van der Waals surface area contributed by atoms with E-state index in [1.807, 2.05) is 18.2 Å². The summed E-state index contributed by atoms with van der Waals surface area (Å²) in [6.07, 6.45) is 1.99. The number of benzene rings is 5. The minimum atomic E-state index is 0.240. The summed E-state index contributed by atoms with van der Waals surface area (Å²) < 4.78 is 0. The molecule has 2 unspecified atom stereocenters. The molecule has 190 valence electrons. The molecule has 0 aromatic heterocycles. The number of anilines is 3. The van der Waals surface area contributed by atoms with Crippen LogP contribution in [0.2, 0.25) is 0 Å². The number of hydrogen-bond acceptors (Lipinski definition) is 2. The molecule has 38 heavy (non-hydrogen) atoms. The Hall–Kier alpha value is -4.30. The maximum Gasteiger partial charge on any atom is 0.0485 e. The second-order valence-electron chi connectivity index (χ2n) is 10.2. The van der Waals surface area contributed by atoms with Gasteiger partial charge in [-0.25, -0.2) is 0 Å². The molecule has 5 aromatic carbocycles. The van der Waals surface area contributed by atoms with Crippen LogP contribution in [0.25, 0.3) is 0 Å². The number of nitrogens with one attached hydrogen (secondary N) is 2. The quantitative estimate of drug-likeness (QED) is 0.201. The summed E-state index contributed by atoms with van der Waals surface area (Å²) >= 11 is 0. The Bertz CT molecular complexity index is 1280. The summed E-state index contributed by atoms with van der Waals surface area (Å²) in [4.78, 5) is 0. The van der Waals surface area contributed by atoms with Crippen LogP contribution < -0.4 is 10.6 Å². The molecule has 0 aliphatic heterocycles. The van der Waals surface area contributed by atoms with Crippen LogP contribution in [-0.2, 0) is 12.8 Å². The van der Waals surface area contributed by atoms with Crippen LogP contribution in [-0.4, -0.2) is 0 Å². The Morgan fingerprint density at radius 3 is 1.63 bits per heavy atom. The highest BCUT2D eigenvalue weighted by Gasteiger charge is 2.10. The fourth-order valence-electron chi connectivity index (χ4n) is 4.88. The van der Waals surface area contributed by atoms with Crippen molar-refractivity contribution < 1.29 is 0 Å². The maximum atomic E-state index is 3.65. The van der Waals surface area contributed by atoms with E-state index < -0.39 is 0 Å². The van der Waals surface area contributed by atoms with E-state index >= 15 is 0 Å². The van der Waals surface area contributed by atoms with Gasteiger partial charge in [0, 0.05) is 23.1 Å². The number of rotatable bonds is 10. The van der Waals surface area contributed by atoms with E-state index in [-0.39, 0.29) is 6.04 Å². The molecule has 0 aliphatic rings. The van der Waals surface area contributed by atoms with Gasteiger partial charge in [-0.3, -0.25) is 0 Å². The smallest absolute Gasteiger partial charge is 0.0485 e. The predicted octanol–water partition coefficient (Wildman–Crippen LogP) is 9.54. The second kappa shape index (κ2) is 12.3. The molecule has 0 saturated heterocycles. The van der Waals surface area contributed by atoms with Crippen LogP contribution in [0.5, 0.6) is 0 Å². The third kappa shape index (κ3) is 6.92. The number of hydrogen-bond donors (Lipinski definition) is 2. The van der Waals surface area contributed by atoms with Crippen LogP contribution in [0.4, 0.5) is 17.1 Å². The molecule has 5 aromatic rings. The third-order valence-electron chi connectivity index (χ3n) is 7.15. The van der Waals surface area contributed by atoms with Gasteiger partial charge in [0.05, 0.1) is 0 Å². The topological polar surface area (TPSA) is 24.1 Å². The van der Waals surface area contributed by atoms with E-state index in [4.69, 9.17) is 0 Å². The molecule has 2 heteroatoms. The predicted molar refractivity (Wildman–Crippen MR) is 162 cm³/mol. The highest BCUT2D eigenvalue weighted by Crippen LogP contribution is 2.26. The molecular weight excluding hydrogens is 460 g/mol. The van der Waals surface area contributed by atoms with E-state index in [0.717, 1.165) is 29.9 Å². The molecule has 0 bridgehead atoms. The van der Waals surface area contributed by atoms with E-state index in [1.165, 1.54) is 27.8 Å². The molecule has 0 aliphatic carbocycles. The second-order valence-corrected chi connectivity index (χ2v) is 10.2. The van der Waals surface area contributed by atoms with Gasteiger partial charge >= 0.3 is 0 Å². The summed E-state index contributed by atoms with van der Waals surface area (Å²) in [5, 5.41) is 7.11. The van der Waals surface area contributed by atoms with Crippen LogP contribution >= 0.6 is 0 Å². The van der Waals surface area contributed by atoms with Gasteiger partial charge in [0.1, 0.15) is 0 Å². The zero-order valence-corrected chi connectivity index (χ0v) is 22.3. The zero-order valence-electron chi connectivity index (χ0n) is 22.3. The Labute approximate surface area is 227 Å². The van der Waals surface area contributed by atoms with Gasteiger partial charge in [-0.15, -0.1) is 0 Å². The van der Waals surface area contributed by atoms with E-state index in [0.29, 0.717) is 5.92 Å². The molecule has 2 nitrogen and oxygen atoms in total. The van der Waals surface area contributed by atoms with Crippen LogP contribution in [0.3, 0.4) is 0 Å². The fourth-order valence-corrected chi connectivity index (χ4v) is 4.88. The molecule has 0 radical (unpaired) electrons. The Morgan fingerprint density at radius 1 is 0.474 bits per heavy atom. The van der Waals surface area contributed by atoms with Crippen molar-refractivity contribution in [3.8, 4) is 0 Å². The summed E-state index contributed by atoms with van der Waals surface area (Å²) in [5.41, 5.74) is 10.1. The Kier molecular flexibility index (Phi) is 8.20. The lowest BCUT2D eigenvalue weighted by Gasteiger charge is -2.18. The van der Waals surface area contributed by atoms with Crippen LogP contribution in [0, 0.1) is 0 Å². The van der Waals surface area contributed by atoms with Crippen molar-refractivity contribution in [1.82, 2.24) is 0 Å². The van der Waals surface area contributed by atoms with Crippen molar-refractivity contribution in [3.05, 3.63) is 161 Å². The Balaban J connectivity index is 1.14. The molecule has 2 atom stereocenters. The average Bonchev–Trinajstić information content (AvgIpc) is 2.96. The van der Waals surface area contributed by atoms with Crippen molar-refractivity contribution in [2.45, 2.75) is 38.6 Å². The summed E-state index contributed by atoms with van der Waals surface area (Å²) in [7, 11) is 0. The minimum absolute atomic E-state index is 0.240. The van der Waals surface area contributed by atoms with Crippen molar-refractivity contribution in [2.24, 2.45) is 0 Å². The summed E-state index contributed by atoms with van der Waals surface area (Å²) in [6.45, 7) is 4.53. The van der Waals surface area contributed by atoms with Gasteiger partial charge in [-0.1, -0.05) is 104 Å². The standard InChI is InChI=1S/C36H36N2/c1-27(25-30-13-23-36(24-14-30)38-34-11-7-4-8-12-34)32-17-19-33(20-18-32)28(2)37-35-21-15-31(16-22-35)26-29-9-5-3-6-10-29/h3-24,27-28,37-38H,25-26H2,1-2H3. The lowest BCUT2D eigenvalue weighted by Crippen LogP contribution is -2.07. The lowest BCUT2D eigenvalue weighted by atomic mass is 9.92. The molecule has 2 N–H and O–H groups in total. The third-order valence-corrected chi connectivity index (χ3v) is 7.15. The first-order valence-electron chi connectivity index (χ1n) is 13.5. The molecule has 0 amide bonds. The first-order valence-corrected chi connectivity index (χ1v) is 13.5. The maximum absolute atomic E-state index is 3.65. The van der Waals surface area contributed by atoms with Gasteiger partial charge in [-0.05, 0) is 89.9 Å². The number of para-hydroxylation sites is 1. The van der Waals surface area contributed by atoms with Crippen molar-refractivity contribution in [2.75, 3.05) is 10.6 Å². The van der Waals surface area contributed by atoms with Crippen LogP contribution in [0.15, 0.2) is 133 Å². The zero-order chi connectivity index (χ0) is 26.2. The Morgan fingerprint density at radius 2 is 0.974 bits per heavy atom. The van der Waals surface area contributed by atoms with Crippen molar-refractivity contribution in [1.29, 1.82) is 0 Å². The lowest BCUT2D eigenvalue weighted by molar-refractivity contribution is 0.757.